The Morgan fingerprint density at radius 2 is 2.14 bits per heavy atom. The van der Waals surface area contributed by atoms with E-state index in [-0.39, 0.29) is 5.69 Å². The van der Waals surface area contributed by atoms with Gasteiger partial charge >= 0.3 is 0 Å². The molecule has 0 aliphatic carbocycles. The molecule has 4 heteroatoms. The zero-order valence-electron chi connectivity index (χ0n) is 7.56. The third kappa shape index (κ3) is 2.26. The van der Waals surface area contributed by atoms with Crippen molar-refractivity contribution in [1.29, 1.82) is 0 Å². The minimum atomic E-state index is -0.482. The largest absolute Gasteiger partial charge is 0.285 e. The average Bonchev–Trinajstić information content (AvgIpc) is 2.18. The number of para-hydroxylation sites is 1. The van der Waals surface area contributed by atoms with Crippen LogP contribution in [0.2, 0.25) is 0 Å². The van der Waals surface area contributed by atoms with Crippen molar-refractivity contribution in [3.8, 4) is 0 Å². The lowest BCUT2D eigenvalue weighted by Crippen LogP contribution is -1.91. The minimum Gasteiger partial charge on any atom is -0.285 e. The summed E-state index contributed by atoms with van der Waals surface area (Å²) in [5.74, 6) is 0. The number of allylic oxidation sites excluding steroid dienone is 1. The fourth-order valence-electron chi connectivity index (χ4n) is 1.04. The maximum absolute atomic E-state index is 10.6. The molecule has 1 radical (unpaired) electrons. The van der Waals surface area contributed by atoms with Gasteiger partial charge in [-0.05, 0) is 19.1 Å². The molecule has 71 valence electrons. The van der Waals surface area contributed by atoms with E-state index < -0.39 is 4.92 Å². The van der Waals surface area contributed by atoms with Crippen LogP contribution in [0, 0.1) is 10.1 Å². The van der Waals surface area contributed by atoms with Gasteiger partial charge in [-0.15, -0.1) is 0 Å². The van der Waals surface area contributed by atoms with Crippen LogP contribution in [-0.2, 0) is 4.79 Å². The lowest BCUT2D eigenvalue weighted by Gasteiger charge is -1.96. The van der Waals surface area contributed by atoms with Gasteiger partial charge in [0.2, 0.25) is 6.29 Å². The van der Waals surface area contributed by atoms with Gasteiger partial charge in [-0.3, -0.25) is 14.9 Å². The Hall–Kier alpha value is -1.97. The van der Waals surface area contributed by atoms with Crippen LogP contribution in [0.1, 0.15) is 12.5 Å². The summed E-state index contributed by atoms with van der Waals surface area (Å²) < 4.78 is 0. The van der Waals surface area contributed by atoms with Gasteiger partial charge in [0.25, 0.3) is 5.69 Å². The Balaban J connectivity index is 3.20. The van der Waals surface area contributed by atoms with E-state index in [1.165, 1.54) is 12.1 Å². The van der Waals surface area contributed by atoms with E-state index in [0.717, 1.165) is 0 Å². The molecule has 0 aliphatic rings. The molecular formula is C10H8NO3. The summed E-state index contributed by atoms with van der Waals surface area (Å²) in [6, 6.07) is 6.23. The van der Waals surface area contributed by atoms with Crippen LogP contribution >= 0.6 is 0 Å². The van der Waals surface area contributed by atoms with E-state index in [2.05, 4.69) is 0 Å². The predicted molar refractivity (Wildman–Crippen MR) is 52.4 cm³/mol. The molecule has 1 rings (SSSR count). The lowest BCUT2D eigenvalue weighted by atomic mass is 10.1. The van der Waals surface area contributed by atoms with Crippen molar-refractivity contribution in [2.45, 2.75) is 6.92 Å². The van der Waals surface area contributed by atoms with Gasteiger partial charge in [0, 0.05) is 11.6 Å². The molecule has 0 N–H and O–H groups in total. The Morgan fingerprint density at radius 3 is 2.71 bits per heavy atom. The number of benzene rings is 1. The number of nitro benzene ring substituents is 1. The summed E-state index contributed by atoms with van der Waals surface area (Å²) in [6.07, 6.45) is 3.10. The average molecular weight is 190 g/mol. The second kappa shape index (κ2) is 4.32. The molecule has 0 saturated carbocycles. The molecule has 0 heterocycles. The highest BCUT2D eigenvalue weighted by molar-refractivity contribution is 5.82. The molecule has 0 amide bonds. The fourth-order valence-corrected chi connectivity index (χ4v) is 1.04. The summed E-state index contributed by atoms with van der Waals surface area (Å²) in [5.41, 5.74) is 0.736. The van der Waals surface area contributed by atoms with Gasteiger partial charge in [0.1, 0.15) is 0 Å². The topological polar surface area (TPSA) is 60.2 Å². The van der Waals surface area contributed by atoms with Gasteiger partial charge in [-0.1, -0.05) is 12.1 Å². The van der Waals surface area contributed by atoms with E-state index in [1.54, 1.807) is 31.4 Å². The highest BCUT2D eigenvalue weighted by atomic mass is 16.6. The first-order valence-corrected chi connectivity index (χ1v) is 3.95. The zero-order chi connectivity index (χ0) is 10.6. The Labute approximate surface area is 81.0 Å². The summed E-state index contributed by atoms with van der Waals surface area (Å²) in [7, 11) is 0. The second-order valence-electron chi connectivity index (χ2n) is 2.75. The molecule has 0 atom stereocenters. The maximum atomic E-state index is 10.6. The van der Waals surface area contributed by atoms with Crippen LogP contribution in [0.5, 0.6) is 0 Å². The molecule has 0 aliphatic heterocycles. The summed E-state index contributed by atoms with van der Waals surface area (Å²) in [6.45, 7) is 1.55. The van der Waals surface area contributed by atoms with E-state index in [9.17, 15) is 14.9 Å². The molecule has 0 saturated heterocycles. The third-order valence-corrected chi connectivity index (χ3v) is 1.67. The van der Waals surface area contributed by atoms with Crippen molar-refractivity contribution < 1.29 is 9.72 Å². The monoisotopic (exact) mass is 190 g/mol. The standard InChI is InChI=1S/C10H8NO3/c1-8(7-12)6-9-4-2-3-5-10(9)11(13)14/h2-6H,1H3. The van der Waals surface area contributed by atoms with Gasteiger partial charge in [-0.2, -0.15) is 0 Å². The molecule has 0 aromatic heterocycles. The highest BCUT2D eigenvalue weighted by Gasteiger charge is 2.09. The van der Waals surface area contributed by atoms with Crippen molar-refractivity contribution in [3.05, 3.63) is 45.5 Å². The minimum absolute atomic E-state index is 0.0119. The first-order chi connectivity index (χ1) is 6.65. The quantitative estimate of drug-likeness (QED) is 0.416. The Bertz CT molecular complexity index is 396. The molecular weight excluding hydrogens is 182 g/mol. The molecule has 4 nitrogen and oxygen atoms in total. The maximum Gasteiger partial charge on any atom is 0.276 e. The molecule has 0 unspecified atom stereocenters. The van der Waals surface area contributed by atoms with Crippen LogP contribution in [0.3, 0.4) is 0 Å². The number of hydrogen-bond donors (Lipinski definition) is 0. The van der Waals surface area contributed by atoms with Gasteiger partial charge in [0.05, 0.1) is 10.5 Å². The number of rotatable bonds is 3. The van der Waals surface area contributed by atoms with Crippen LogP contribution in [0.25, 0.3) is 6.08 Å². The molecule has 1 aromatic rings. The van der Waals surface area contributed by atoms with Gasteiger partial charge in [0.15, 0.2) is 0 Å². The van der Waals surface area contributed by atoms with Gasteiger partial charge < -0.3 is 0 Å². The van der Waals surface area contributed by atoms with E-state index in [1.807, 2.05) is 0 Å². The first kappa shape index (κ1) is 10.1. The Morgan fingerprint density at radius 1 is 1.50 bits per heavy atom. The van der Waals surface area contributed by atoms with Crippen LogP contribution < -0.4 is 0 Å². The van der Waals surface area contributed by atoms with Gasteiger partial charge in [-0.25, -0.2) is 0 Å². The fraction of sp³-hybridized carbons (Fsp3) is 0.100. The first-order valence-electron chi connectivity index (χ1n) is 3.95. The number of carbonyl (C=O) groups excluding carboxylic acids is 1. The second-order valence-corrected chi connectivity index (χ2v) is 2.75. The Kier molecular flexibility index (Phi) is 3.12. The van der Waals surface area contributed by atoms with E-state index >= 15 is 0 Å². The lowest BCUT2D eigenvalue weighted by molar-refractivity contribution is -0.385. The summed E-state index contributed by atoms with van der Waals surface area (Å²) in [4.78, 5) is 20.3. The van der Waals surface area contributed by atoms with Crippen molar-refractivity contribution >= 4 is 18.0 Å². The molecule has 0 spiro atoms. The normalized spacial score (nSPS) is 11.1. The summed E-state index contributed by atoms with van der Waals surface area (Å²) >= 11 is 0. The number of nitro groups is 1. The van der Waals surface area contributed by atoms with E-state index in [4.69, 9.17) is 0 Å². The highest BCUT2D eigenvalue weighted by Crippen LogP contribution is 2.19. The van der Waals surface area contributed by atoms with Crippen LogP contribution in [0.15, 0.2) is 29.8 Å². The molecule has 0 fully saturated rings. The molecule has 0 bridgehead atoms. The van der Waals surface area contributed by atoms with Crippen molar-refractivity contribution in [2.24, 2.45) is 0 Å². The van der Waals surface area contributed by atoms with Crippen molar-refractivity contribution in [2.75, 3.05) is 0 Å². The number of nitrogens with zero attached hydrogens (tertiary/aromatic N) is 1. The zero-order valence-corrected chi connectivity index (χ0v) is 7.56. The molecule has 14 heavy (non-hydrogen) atoms. The van der Waals surface area contributed by atoms with E-state index in [0.29, 0.717) is 11.1 Å². The third-order valence-electron chi connectivity index (χ3n) is 1.67. The van der Waals surface area contributed by atoms with Crippen molar-refractivity contribution in [3.63, 3.8) is 0 Å². The van der Waals surface area contributed by atoms with Crippen LogP contribution in [-0.4, -0.2) is 11.2 Å². The smallest absolute Gasteiger partial charge is 0.276 e. The number of hydrogen-bond acceptors (Lipinski definition) is 3. The van der Waals surface area contributed by atoms with Crippen molar-refractivity contribution in [1.82, 2.24) is 0 Å². The SMILES string of the molecule is CC([C]=O)=Cc1ccccc1[N+](=O)[O-]. The molecule has 1 aromatic carbocycles. The van der Waals surface area contributed by atoms with Crippen LogP contribution in [0.4, 0.5) is 5.69 Å². The summed E-state index contributed by atoms with van der Waals surface area (Å²) in [5, 5.41) is 10.6. The predicted octanol–water partition coefficient (Wildman–Crippen LogP) is 2.11.